The van der Waals surface area contributed by atoms with Gasteiger partial charge in [-0.25, -0.2) is 4.98 Å². The van der Waals surface area contributed by atoms with Crippen molar-refractivity contribution >= 4 is 34.2 Å². The molecule has 5 nitrogen and oxygen atoms in total. The first-order valence-corrected chi connectivity index (χ1v) is 6.68. The van der Waals surface area contributed by atoms with Crippen LogP contribution in [-0.2, 0) is 11.3 Å². The van der Waals surface area contributed by atoms with Gasteiger partial charge in [0.2, 0.25) is 0 Å². The number of rotatable bonds is 3. The molecule has 1 aromatic heterocycles. The summed E-state index contributed by atoms with van der Waals surface area (Å²) < 4.78 is 7.39. The minimum absolute atomic E-state index is 0.0192. The van der Waals surface area contributed by atoms with Gasteiger partial charge in [0.1, 0.15) is 11.4 Å². The summed E-state index contributed by atoms with van der Waals surface area (Å²) in [4.78, 5) is 15.7. The molecule has 0 radical (unpaired) electrons. The van der Waals surface area contributed by atoms with Crippen LogP contribution in [0.3, 0.4) is 0 Å². The molecule has 3 rings (SSSR count). The fourth-order valence-electron chi connectivity index (χ4n) is 2.21. The number of anilines is 1. The third-order valence-electron chi connectivity index (χ3n) is 3.18. The maximum Gasteiger partial charge on any atom is 0.262 e. The summed E-state index contributed by atoms with van der Waals surface area (Å²) in [5, 5.41) is 3.25. The SMILES string of the molecule is CCCCn1cnc2cc3c(c(Cl)c21)NC(=O)CO3. The number of amides is 1. The number of nitrogens with one attached hydrogen (secondary N) is 1. The van der Waals surface area contributed by atoms with E-state index in [4.69, 9.17) is 16.3 Å². The number of carbonyl (C=O) groups is 1. The number of aryl methyl sites for hydroxylation is 1. The molecule has 2 heterocycles. The van der Waals surface area contributed by atoms with Crippen LogP contribution in [0.25, 0.3) is 11.0 Å². The van der Waals surface area contributed by atoms with E-state index >= 15 is 0 Å². The van der Waals surface area contributed by atoms with E-state index in [-0.39, 0.29) is 12.5 Å². The Morgan fingerprint density at radius 3 is 3.21 bits per heavy atom. The summed E-state index contributed by atoms with van der Waals surface area (Å²) in [5.74, 6) is 0.395. The van der Waals surface area contributed by atoms with Crippen molar-refractivity contribution in [2.24, 2.45) is 0 Å². The van der Waals surface area contributed by atoms with Crippen LogP contribution in [0, 0.1) is 0 Å². The summed E-state index contributed by atoms with van der Waals surface area (Å²) in [6, 6.07) is 1.82. The summed E-state index contributed by atoms with van der Waals surface area (Å²) in [6.07, 6.45) is 3.93. The lowest BCUT2D eigenvalue weighted by molar-refractivity contribution is -0.118. The first-order valence-electron chi connectivity index (χ1n) is 6.30. The summed E-state index contributed by atoms with van der Waals surface area (Å²) in [5.41, 5.74) is 2.18. The molecule has 0 atom stereocenters. The van der Waals surface area contributed by atoms with Gasteiger partial charge in [-0.05, 0) is 6.42 Å². The number of hydrogen-bond donors (Lipinski definition) is 1. The Kier molecular flexibility index (Phi) is 3.06. The van der Waals surface area contributed by atoms with Crippen LogP contribution in [0.5, 0.6) is 5.75 Å². The van der Waals surface area contributed by atoms with Crippen molar-refractivity contribution in [2.75, 3.05) is 11.9 Å². The molecule has 2 aromatic rings. The van der Waals surface area contributed by atoms with Gasteiger partial charge in [-0.1, -0.05) is 24.9 Å². The molecule has 1 aliphatic heterocycles. The molecular weight excluding hydrogens is 266 g/mol. The predicted octanol–water partition coefficient (Wildman–Crippen LogP) is 2.82. The lowest BCUT2D eigenvalue weighted by Crippen LogP contribution is -2.25. The number of benzene rings is 1. The molecule has 1 amide bonds. The second-order valence-electron chi connectivity index (χ2n) is 4.56. The van der Waals surface area contributed by atoms with Crippen molar-refractivity contribution in [3.05, 3.63) is 17.4 Å². The Morgan fingerprint density at radius 1 is 1.58 bits per heavy atom. The van der Waals surface area contributed by atoms with Gasteiger partial charge in [0.25, 0.3) is 5.91 Å². The number of aromatic nitrogens is 2. The average molecular weight is 280 g/mol. The van der Waals surface area contributed by atoms with Crippen molar-refractivity contribution < 1.29 is 9.53 Å². The number of ether oxygens (including phenoxy) is 1. The van der Waals surface area contributed by atoms with E-state index in [1.165, 1.54) is 0 Å². The molecule has 0 unspecified atom stereocenters. The maximum atomic E-state index is 11.4. The topological polar surface area (TPSA) is 56.2 Å². The van der Waals surface area contributed by atoms with Crippen molar-refractivity contribution in [1.82, 2.24) is 9.55 Å². The first kappa shape index (κ1) is 12.3. The number of nitrogens with zero attached hydrogens (tertiary/aromatic N) is 2. The van der Waals surface area contributed by atoms with Gasteiger partial charge >= 0.3 is 0 Å². The van der Waals surface area contributed by atoms with E-state index < -0.39 is 0 Å². The molecule has 0 fully saturated rings. The average Bonchev–Trinajstić information content (AvgIpc) is 2.81. The normalized spacial score (nSPS) is 14.1. The number of halogens is 1. The lowest BCUT2D eigenvalue weighted by Gasteiger charge is -2.19. The van der Waals surface area contributed by atoms with Crippen LogP contribution in [0.1, 0.15) is 19.8 Å². The van der Waals surface area contributed by atoms with Crippen LogP contribution in [0.15, 0.2) is 12.4 Å². The molecule has 0 spiro atoms. The van der Waals surface area contributed by atoms with Gasteiger partial charge < -0.3 is 14.6 Å². The Morgan fingerprint density at radius 2 is 2.42 bits per heavy atom. The summed E-state index contributed by atoms with van der Waals surface area (Å²) >= 11 is 6.39. The Hall–Kier alpha value is -1.75. The smallest absolute Gasteiger partial charge is 0.262 e. The molecule has 1 N–H and O–H groups in total. The first-order chi connectivity index (χ1) is 9.20. The monoisotopic (exact) mass is 279 g/mol. The van der Waals surface area contributed by atoms with Gasteiger partial charge in [0, 0.05) is 12.6 Å². The summed E-state index contributed by atoms with van der Waals surface area (Å²) in [6.45, 7) is 3.02. The van der Waals surface area contributed by atoms with Crippen LogP contribution < -0.4 is 10.1 Å². The molecule has 100 valence electrons. The highest BCUT2D eigenvalue weighted by Gasteiger charge is 2.22. The molecule has 6 heteroatoms. The zero-order chi connectivity index (χ0) is 13.4. The Labute approximate surface area is 115 Å². The van der Waals surface area contributed by atoms with E-state index in [0.29, 0.717) is 16.5 Å². The Balaban J connectivity index is 2.14. The fraction of sp³-hybridized carbons (Fsp3) is 0.385. The molecule has 19 heavy (non-hydrogen) atoms. The zero-order valence-corrected chi connectivity index (χ0v) is 11.3. The number of hydrogen-bond acceptors (Lipinski definition) is 3. The molecule has 1 aromatic carbocycles. The van der Waals surface area contributed by atoms with E-state index in [2.05, 4.69) is 17.2 Å². The molecule has 1 aliphatic rings. The van der Waals surface area contributed by atoms with Crippen LogP contribution in [-0.4, -0.2) is 22.1 Å². The number of fused-ring (bicyclic) bond motifs is 2. The van der Waals surface area contributed by atoms with Gasteiger partial charge in [-0.2, -0.15) is 0 Å². The minimum atomic E-state index is -0.187. The number of imidazole rings is 1. The third-order valence-corrected chi connectivity index (χ3v) is 3.55. The van der Waals surface area contributed by atoms with Crippen LogP contribution >= 0.6 is 11.6 Å². The molecule has 0 bridgehead atoms. The van der Waals surface area contributed by atoms with Gasteiger partial charge in [-0.3, -0.25) is 4.79 Å². The minimum Gasteiger partial charge on any atom is -0.481 e. The highest BCUT2D eigenvalue weighted by molar-refractivity contribution is 6.38. The van der Waals surface area contributed by atoms with Gasteiger partial charge in [-0.15, -0.1) is 0 Å². The van der Waals surface area contributed by atoms with Crippen molar-refractivity contribution in [2.45, 2.75) is 26.3 Å². The summed E-state index contributed by atoms with van der Waals surface area (Å²) in [7, 11) is 0. The molecular formula is C13H14ClN3O2. The zero-order valence-electron chi connectivity index (χ0n) is 10.6. The second kappa shape index (κ2) is 4.74. The number of carbonyl (C=O) groups excluding carboxylic acids is 1. The van der Waals surface area contributed by atoms with Gasteiger partial charge in [0.05, 0.1) is 22.4 Å². The van der Waals surface area contributed by atoms with Crippen LogP contribution in [0.4, 0.5) is 5.69 Å². The van der Waals surface area contributed by atoms with Crippen molar-refractivity contribution in [3.63, 3.8) is 0 Å². The quantitative estimate of drug-likeness (QED) is 0.940. The van der Waals surface area contributed by atoms with Crippen molar-refractivity contribution in [1.29, 1.82) is 0 Å². The highest BCUT2D eigenvalue weighted by atomic mass is 35.5. The standard InChI is InChI=1S/C13H14ClN3O2/c1-2-3-4-17-7-15-8-5-9-12(11(14)13(8)17)16-10(18)6-19-9/h5,7H,2-4,6H2,1H3,(H,16,18). The van der Waals surface area contributed by atoms with Crippen molar-refractivity contribution in [3.8, 4) is 5.75 Å². The second-order valence-corrected chi connectivity index (χ2v) is 4.94. The third kappa shape index (κ3) is 2.04. The largest absolute Gasteiger partial charge is 0.481 e. The van der Waals surface area contributed by atoms with E-state index in [1.54, 1.807) is 6.33 Å². The molecule has 0 saturated heterocycles. The highest BCUT2D eigenvalue weighted by Crippen LogP contribution is 2.40. The molecule has 0 saturated carbocycles. The van der Waals surface area contributed by atoms with E-state index in [0.717, 1.165) is 30.4 Å². The van der Waals surface area contributed by atoms with E-state index in [1.807, 2.05) is 10.6 Å². The Bertz CT molecular complexity index is 651. The molecule has 0 aliphatic carbocycles. The fourth-order valence-corrected chi connectivity index (χ4v) is 2.56. The van der Waals surface area contributed by atoms with Crippen LogP contribution in [0.2, 0.25) is 5.02 Å². The van der Waals surface area contributed by atoms with E-state index in [9.17, 15) is 4.79 Å². The maximum absolute atomic E-state index is 11.4. The van der Waals surface area contributed by atoms with Gasteiger partial charge in [0.15, 0.2) is 6.61 Å². The lowest BCUT2D eigenvalue weighted by atomic mass is 10.2. The predicted molar refractivity (Wildman–Crippen MR) is 73.8 cm³/mol. The number of unbranched alkanes of at least 4 members (excludes halogenated alkanes) is 1.